The fourth-order valence-electron chi connectivity index (χ4n) is 3.86. The number of aliphatic imine (C=N–C) groups is 1. The van der Waals surface area contributed by atoms with E-state index in [9.17, 15) is 23.1 Å². The van der Waals surface area contributed by atoms with E-state index in [1.807, 2.05) is 44.4 Å². The van der Waals surface area contributed by atoms with E-state index in [-0.39, 0.29) is 23.8 Å². The minimum absolute atomic E-state index is 0.0665. The third-order valence-electron chi connectivity index (χ3n) is 5.69. The van der Waals surface area contributed by atoms with E-state index in [1.165, 1.54) is 6.07 Å². The van der Waals surface area contributed by atoms with Crippen LogP contribution in [0.5, 0.6) is 5.88 Å². The lowest BCUT2D eigenvalue weighted by Gasteiger charge is -2.19. The van der Waals surface area contributed by atoms with Crippen LogP contribution in [0, 0.1) is 0 Å². The average molecular weight is 495 g/mol. The number of halogens is 3. The molecule has 4 aromatic rings. The van der Waals surface area contributed by atoms with Crippen molar-refractivity contribution in [3.63, 3.8) is 0 Å². The number of anilines is 1. The average Bonchev–Trinajstić information content (AvgIpc) is 3.16. The van der Waals surface area contributed by atoms with Gasteiger partial charge >= 0.3 is 6.18 Å². The van der Waals surface area contributed by atoms with Gasteiger partial charge in [0.2, 0.25) is 5.91 Å². The van der Waals surface area contributed by atoms with Crippen molar-refractivity contribution in [3.8, 4) is 5.88 Å². The normalized spacial score (nSPS) is 12.4. The molecule has 0 bridgehead atoms. The number of fused-ring (bicyclic) bond motifs is 1. The highest BCUT2D eigenvalue weighted by Crippen LogP contribution is 2.36. The van der Waals surface area contributed by atoms with Crippen LogP contribution >= 0.6 is 0 Å². The summed E-state index contributed by atoms with van der Waals surface area (Å²) in [4.78, 5) is 23.1. The third-order valence-corrected chi connectivity index (χ3v) is 5.69. The van der Waals surface area contributed by atoms with Crippen molar-refractivity contribution in [2.24, 2.45) is 4.99 Å². The van der Waals surface area contributed by atoms with Crippen LogP contribution in [0.15, 0.2) is 77.8 Å². The molecular formula is C27H25F3N4O2. The Morgan fingerprint density at radius 2 is 1.64 bits per heavy atom. The van der Waals surface area contributed by atoms with Gasteiger partial charge in [-0.1, -0.05) is 36.4 Å². The number of hydrogen-bond donors (Lipinski definition) is 2. The van der Waals surface area contributed by atoms with E-state index in [1.54, 1.807) is 41.1 Å². The van der Waals surface area contributed by atoms with Crippen molar-refractivity contribution in [2.45, 2.75) is 6.18 Å². The van der Waals surface area contributed by atoms with Crippen LogP contribution in [-0.2, 0) is 11.0 Å². The molecule has 0 spiro atoms. The second kappa shape index (κ2) is 9.87. The smallest absolute Gasteiger partial charge is 0.416 e. The summed E-state index contributed by atoms with van der Waals surface area (Å²) >= 11 is 0. The fourth-order valence-corrected chi connectivity index (χ4v) is 3.86. The number of hydrogen-bond acceptors (Lipinski definition) is 4. The quantitative estimate of drug-likeness (QED) is 0.344. The summed E-state index contributed by atoms with van der Waals surface area (Å²) in [6.07, 6.45) is -4.51. The minimum atomic E-state index is -4.51. The molecular weight excluding hydrogens is 469 g/mol. The number of benzene rings is 3. The van der Waals surface area contributed by atoms with Crippen LogP contribution in [0.2, 0.25) is 0 Å². The highest BCUT2D eigenvalue weighted by Gasteiger charge is 2.31. The van der Waals surface area contributed by atoms with Gasteiger partial charge in [0.25, 0.3) is 0 Å². The molecule has 1 aromatic heterocycles. The molecule has 2 N–H and O–H groups in total. The standard InChI is InChI=1S/C27H25F3N4O2/c1-33(2)16-23(35)34(3)20-12-10-19(11-13-20)31-25(17-7-5-4-6-8-17)24-21-14-9-18(27(28,29)30)15-22(21)32-26(24)36/h4-15,32,36H,16H2,1-3H3. The monoisotopic (exact) mass is 494 g/mol. The van der Waals surface area contributed by atoms with Gasteiger partial charge in [-0.2, -0.15) is 13.2 Å². The maximum absolute atomic E-state index is 13.2. The Hall–Kier alpha value is -4.11. The largest absolute Gasteiger partial charge is 0.494 e. The van der Waals surface area contributed by atoms with Crippen molar-refractivity contribution in [3.05, 3.63) is 89.5 Å². The Morgan fingerprint density at radius 3 is 2.25 bits per heavy atom. The van der Waals surface area contributed by atoms with E-state index in [2.05, 4.69) is 4.98 Å². The van der Waals surface area contributed by atoms with E-state index < -0.39 is 11.7 Å². The SMILES string of the molecule is CN(C)CC(=O)N(C)c1ccc(N=C(c2ccccc2)c2c(O)[nH]c3cc(C(F)(F)F)ccc23)cc1. The first kappa shape index (κ1) is 25.0. The summed E-state index contributed by atoms with van der Waals surface area (Å²) in [7, 11) is 5.33. The molecule has 0 aliphatic carbocycles. The molecule has 1 amide bonds. The maximum Gasteiger partial charge on any atom is 0.416 e. The second-order valence-corrected chi connectivity index (χ2v) is 8.64. The second-order valence-electron chi connectivity index (χ2n) is 8.64. The molecule has 9 heteroatoms. The number of alkyl halides is 3. The van der Waals surface area contributed by atoms with Gasteiger partial charge in [-0.05, 0) is 50.5 Å². The zero-order chi connectivity index (χ0) is 26.0. The summed E-state index contributed by atoms with van der Waals surface area (Å²) in [6, 6.07) is 19.4. The molecule has 0 saturated carbocycles. The predicted octanol–water partition coefficient (Wildman–Crippen LogP) is 5.59. The zero-order valence-corrected chi connectivity index (χ0v) is 20.0. The van der Waals surface area contributed by atoms with Gasteiger partial charge in [-0.25, -0.2) is 4.99 Å². The van der Waals surface area contributed by atoms with Gasteiger partial charge in [0.05, 0.1) is 29.1 Å². The number of carbonyl (C=O) groups excluding carboxylic acids is 1. The van der Waals surface area contributed by atoms with Crippen LogP contribution in [-0.4, -0.2) is 54.3 Å². The van der Waals surface area contributed by atoms with E-state index >= 15 is 0 Å². The predicted molar refractivity (Wildman–Crippen MR) is 135 cm³/mol. The van der Waals surface area contributed by atoms with Crippen molar-refractivity contribution in [2.75, 3.05) is 32.6 Å². The number of nitrogens with zero attached hydrogens (tertiary/aromatic N) is 3. The van der Waals surface area contributed by atoms with E-state index in [0.29, 0.717) is 33.6 Å². The topological polar surface area (TPSA) is 71.9 Å². The molecule has 0 atom stereocenters. The molecule has 3 aromatic carbocycles. The Morgan fingerprint density at radius 1 is 0.972 bits per heavy atom. The van der Waals surface area contributed by atoms with Crippen molar-refractivity contribution in [1.82, 2.24) is 9.88 Å². The molecule has 0 radical (unpaired) electrons. The number of aromatic amines is 1. The lowest BCUT2D eigenvalue weighted by molar-refractivity contribution is -0.137. The van der Waals surface area contributed by atoms with Gasteiger partial charge in [-0.3, -0.25) is 4.79 Å². The van der Waals surface area contributed by atoms with Crippen molar-refractivity contribution in [1.29, 1.82) is 0 Å². The first-order valence-corrected chi connectivity index (χ1v) is 11.1. The number of H-pyrrole nitrogens is 1. The third kappa shape index (κ3) is 5.26. The van der Waals surface area contributed by atoms with Crippen LogP contribution in [0.4, 0.5) is 24.5 Å². The first-order chi connectivity index (χ1) is 17.0. The Balaban J connectivity index is 1.78. The van der Waals surface area contributed by atoms with Crippen molar-refractivity contribution < 1.29 is 23.1 Å². The number of rotatable bonds is 6. The number of nitrogens with one attached hydrogen (secondary N) is 1. The van der Waals surface area contributed by atoms with Crippen LogP contribution in [0.25, 0.3) is 10.9 Å². The highest BCUT2D eigenvalue weighted by molar-refractivity contribution is 6.21. The van der Waals surface area contributed by atoms with Crippen LogP contribution in [0.3, 0.4) is 0 Å². The van der Waals surface area contributed by atoms with Gasteiger partial charge in [-0.15, -0.1) is 0 Å². The van der Waals surface area contributed by atoms with Crippen LogP contribution < -0.4 is 4.90 Å². The molecule has 0 fully saturated rings. The summed E-state index contributed by atoms with van der Waals surface area (Å²) in [5.74, 6) is -0.347. The molecule has 1 heterocycles. The summed E-state index contributed by atoms with van der Waals surface area (Å²) < 4.78 is 39.6. The van der Waals surface area contributed by atoms with Gasteiger partial charge in [0.15, 0.2) is 5.88 Å². The van der Waals surface area contributed by atoms with Gasteiger partial charge in [0, 0.05) is 29.2 Å². The zero-order valence-electron chi connectivity index (χ0n) is 20.0. The molecule has 0 aliphatic rings. The summed E-state index contributed by atoms with van der Waals surface area (Å²) in [5.41, 5.74) is 1.94. The van der Waals surface area contributed by atoms with Gasteiger partial charge < -0.3 is 19.9 Å². The Bertz CT molecular complexity index is 1410. The molecule has 186 valence electrons. The number of amides is 1. The Labute approximate surface area is 206 Å². The maximum atomic E-state index is 13.2. The number of likely N-dealkylation sites (N-methyl/N-ethyl adjacent to an activating group) is 2. The molecule has 6 nitrogen and oxygen atoms in total. The van der Waals surface area contributed by atoms with E-state index in [0.717, 1.165) is 12.1 Å². The van der Waals surface area contributed by atoms with E-state index in [4.69, 9.17) is 4.99 Å². The lowest BCUT2D eigenvalue weighted by Crippen LogP contribution is -2.34. The van der Waals surface area contributed by atoms with Gasteiger partial charge in [0.1, 0.15) is 0 Å². The molecule has 0 aliphatic heterocycles. The fraction of sp³-hybridized carbons (Fsp3) is 0.185. The van der Waals surface area contributed by atoms with Crippen LogP contribution in [0.1, 0.15) is 16.7 Å². The molecule has 36 heavy (non-hydrogen) atoms. The molecule has 0 saturated heterocycles. The number of aromatic nitrogens is 1. The van der Waals surface area contributed by atoms with Crippen molar-refractivity contribution >= 4 is 33.9 Å². The lowest BCUT2D eigenvalue weighted by atomic mass is 10.00. The first-order valence-electron chi connectivity index (χ1n) is 11.1. The summed E-state index contributed by atoms with van der Waals surface area (Å²) in [5, 5.41) is 11.1. The minimum Gasteiger partial charge on any atom is -0.494 e. The Kier molecular flexibility index (Phi) is 6.85. The highest BCUT2D eigenvalue weighted by atomic mass is 19.4. The molecule has 4 rings (SSSR count). The molecule has 0 unspecified atom stereocenters. The summed E-state index contributed by atoms with van der Waals surface area (Å²) in [6.45, 7) is 0.268. The number of carbonyl (C=O) groups is 1. The number of aromatic hydroxyl groups is 1.